The van der Waals surface area contributed by atoms with Crippen LogP contribution < -0.4 is 10.1 Å². The second-order valence-electron chi connectivity index (χ2n) is 5.26. The molecular formula is C17H21N3O3. The van der Waals surface area contributed by atoms with Crippen LogP contribution in [0.5, 0.6) is 5.88 Å². The maximum atomic E-state index is 12.4. The zero-order valence-corrected chi connectivity index (χ0v) is 13.8. The molecule has 1 amide bonds. The predicted octanol–water partition coefficient (Wildman–Crippen LogP) is 2.56. The van der Waals surface area contributed by atoms with Crippen LogP contribution in [0.25, 0.3) is 0 Å². The molecule has 0 fully saturated rings. The normalized spacial score (nSPS) is 10.4. The molecule has 2 aromatic rings. The molecule has 2 heterocycles. The molecule has 6 nitrogen and oxygen atoms in total. The van der Waals surface area contributed by atoms with E-state index in [4.69, 9.17) is 4.74 Å². The summed E-state index contributed by atoms with van der Waals surface area (Å²) in [6, 6.07) is 3.65. The molecule has 2 N–H and O–H groups in total. The Morgan fingerprint density at radius 1 is 1.35 bits per heavy atom. The Bertz CT molecular complexity index is 735. The fraction of sp³-hybridized carbons (Fsp3) is 0.353. The Hall–Kier alpha value is -2.63. The van der Waals surface area contributed by atoms with Crippen LogP contribution in [0.2, 0.25) is 0 Å². The van der Waals surface area contributed by atoms with Crippen LogP contribution in [0.4, 0.5) is 0 Å². The number of nitrogens with zero attached hydrogens (tertiary/aromatic N) is 1. The molecule has 0 spiro atoms. The Morgan fingerprint density at radius 2 is 2.09 bits per heavy atom. The first-order valence-electron chi connectivity index (χ1n) is 7.50. The summed E-state index contributed by atoms with van der Waals surface area (Å²) in [4.78, 5) is 31.2. The molecule has 0 saturated heterocycles. The molecule has 0 atom stereocenters. The minimum absolute atomic E-state index is 0.0545. The zero-order chi connectivity index (χ0) is 17.0. The number of hydrogen-bond acceptors (Lipinski definition) is 4. The van der Waals surface area contributed by atoms with Crippen molar-refractivity contribution in [3.63, 3.8) is 0 Å². The summed E-state index contributed by atoms with van der Waals surface area (Å²) in [6.07, 6.45) is 1.65. The van der Waals surface area contributed by atoms with E-state index in [0.717, 1.165) is 5.56 Å². The van der Waals surface area contributed by atoms with E-state index in [1.54, 1.807) is 26.1 Å². The van der Waals surface area contributed by atoms with Crippen LogP contribution in [0.3, 0.4) is 0 Å². The highest BCUT2D eigenvalue weighted by Gasteiger charge is 2.19. The topological polar surface area (TPSA) is 84.1 Å². The molecule has 0 aliphatic rings. The summed E-state index contributed by atoms with van der Waals surface area (Å²) in [5, 5.41) is 2.83. The van der Waals surface area contributed by atoms with Crippen molar-refractivity contribution in [1.29, 1.82) is 0 Å². The number of H-pyrrole nitrogens is 1. The lowest BCUT2D eigenvalue weighted by Gasteiger charge is -2.09. The van der Waals surface area contributed by atoms with Crippen molar-refractivity contribution in [1.82, 2.24) is 15.3 Å². The van der Waals surface area contributed by atoms with Crippen molar-refractivity contribution < 1.29 is 14.3 Å². The van der Waals surface area contributed by atoms with Crippen LogP contribution in [-0.2, 0) is 6.54 Å². The van der Waals surface area contributed by atoms with Crippen LogP contribution in [-0.4, -0.2) is 28.3 Å². The van der Waals surface area contributed by atoms with Gasteiger partial charge in [-0.05, 0) is 39.3 Å². The standard InChI is InChI=1S/C17H21N3O3/c1-5-23-17-13(7-6-8-18-17)9-19-16(22)15-10(2)14(12(4)21)11(3)20-15/h6-8,20H,5,9H2,1-4H3,(H,19,22). The molecule has 0 saturated carbocycles. The number of Topliss-reactive ketones (excluding diaryl/α,β-unsaturated/α-hetero) is 1. The van der Waals surface area contributed by atoms with Crippen molar-refractivity contribution in [2.75, 3.05) is 6.61 Å². The lowest BCUT2D eigenvalue weighted by Crippen LogP contribution is -2.24. The smallest absolute Gasteiger partial charge is 0.268 e. The number of amides is 1. The second-order valence-corrected chi connectivity index (χ2v) is 5.26. The molecule has 0 aromatic carbocycles. The maximum absolute atomic E-state index is 12.4. The van der Waals surface area contributed by atoms with Gasteiger partial charge < -0.3 is 15.0 Å². The number of carbonyl (C=O) groups excluding carboxylic acids is 2. The Kier molecular flexibility index (Phi) is 5.16. The number of hydrogen-bond donors (Lipinski definition) is 2. The minimum Gasteiger partial charge on any atom is -0.478 e. The summed E-state index contributed by atoms with van der Waals surface area (Å²) < 4.78 is 5.44. The highest BCUT2D eigenvalue weighted by Crippen LogP contribution is 2.19. The number of pyridine rings is 1. The number of carbonyl (C=O) groups is 2. The van der Waals surface area contributed by atoms with Gasteiger partial charge in [0.2, 0.25) is 5.88 Å². The zero-order valence-electron chi connectivity index (χ0n) is 13.8. The third kappa shape index (κ3) is 3.59. The van der Waals surface area contributed by atoms with Crippen molar-refractivity contribution in [2.24, 2.45) is 0 Å². The lowest BCUT2D eigenvalue weighted by molar-refractivity contribution is 0.0945. The Balaban J connectivity index is 2.15. The predicted molar refractivity (Wildman–Crippen MR) is 86.8 cm³/mol. The summed E-state index contributed by atoms with van der Waals surface area (Å²) in [7, 11) is 0. The van der Waals surface area contributed by atoms with Gasteiger partial charge in [-0.15, -0.1) is 0 Å². The van der Waals surface area contributed by atoms with Gasteiger partial charge in [-0.2, -0.15) is 0 Å². The SMILES string of the molecule is CCOc1ncccc1CNC(=O)c1[nH]c(C)c(C(C)=O)c1C. The van der Waals surface area contributed by atoms with Gasteiger partial charge in [-0.25, -0.2) is 4.98 Å². The molecule has 2 rings (SSSR count). The third-order valence-electron chi connectivity index (χ3n) is 3.59. The van der Waals surface area contributed by atoms with E-state index in [2.05, 4.69) is 15.3 Å². The van der Waals surface area contributed by atoms with Crippen molar-refractivity contribution >= 4 is 11.7 Å². The first kappa shape index (κ1) is 16.7. The largest absolute Gasteiger partial charge is 0.478 e. The molecule has 0 unspecified atom stereocenters. The number of aromatic nitrogens is 2. The average molecular weight is 315 g/mol. The fourth-order valence-electron chi connectivity index (χ4n) is 2.59. The van der Waals surface area contributed by atoms with E-state index in [1.807, 2.05) is 13.0 Å². The first-order chi connectivity index (χ1) is 11.0. The van der Waals surface area contributed by atoms with E-state index < -0.39 is 0 Å². The van der Waals surface area contributed by atoms with E-state index in [9.17, 15) is 9.59 Å². The van der Waals surface area contributed by atoms with E-state index >= 15 is 0 Å². The fourth-order valence-corrected chi connectivity index (χ4v) is 2.59. The van der Waals surface area contributed by atoms with Gasteiger partial charge in [0.25, 0.3) is 5.91 Å². The van der Waals surface area contributed by atoms with Gasteiger partial charge in [0.1, 0.15) is 5.69 Å². The lowest BCUT2D eigenvalue weighted by atomic mass is 10.1. The van der Waals surface area contributed by atoms with Gasteiger partial charge in [-0.1, -0.05) is 6.07 Å². The van der Waals surface area contributed by atoms with Gasteiger partial charge in [-0.3, -0.25) is 9.59 Å². The van der Waals surface area contributed by atoms with Crippen molar-refractivity contribution in [2.45, 2.75) is 34.2 Å². The van der Waals surface area contributed by atoms with Gasteiger partial charge in [0.05, 0.1) is 6.61 Å². The van der Waals surface area contributed by atoms with E-state index in [1.165, 1.54) is 6.92 Å². The first-order valence-corrected chi connectivity index (χ1v) is 7.50. The monoisotopic (exact) mass is 315 g/mol. The molecule has 6 heteroatoms. The molecule has 122 valence electrons. The molecular weight excluding hydrogens is 294 g/mol. The van der Waals surface area contributed by atoms with Gasteiger partial charge >= 0.3 is 0 Å². The van der Waals surface area contributed by atoms with E-state index in [0.29, 0.717) is 41.5 Å². The number of ether oxygens (including phenoxy) is 1. The van der Waals surface area contributed by atoms with Crippen LogP contribution in [0.1, 0.15) is 51.5 Å². The summed E-state index contributed by atoms with van der Waals surface area (Å²) in [6.45, 7) is 7.74. The Morgan fingerprint density at radius 3 is 2.70 bits per heavy atom. The molecule has 0 aliphatic carbocycles. The number of rotatable bonds is 6. The van der Waals surface area contributed by atoms with Gasteiger partial charge in [0.15, 0.2) is 5.78 Å². The van der Waals surface area contributed by atoms with Gasteiger partial charge in [0, 0.05) is 29.6 Å². The summed E-state index contributed by atoms with van der Waals surface area (Å²) in [5.41, 5.74) is 3.16. The van der Waals surface area contributed by atoms with E-state index in [-0.39, 0.29) is 11.7 Å². The Labute approximate surface area is 135 Å². The number of nitrogens with one attached hydrogen (secondary N) is 2. The molecule has 0 aliphatic heterocycles. The average Bonchev–Trinajstić information content (AvgIpc) is 2.81. The highest BCUT2D eigenvalue weighted by atomic mass is 16.5. The third-order valence-corrected chi connectivity index (χ3v) is 3.59. The second kappa shape index (κ2) is 7.09. The molecule has 2 aromatic heterocycles. The summed E-state index contributed by atoms with van der Waals surface area (Å²) in [5.74, 6) is 0.199. The van der Waals surface area contributed by atoms with Crippen LogP contribution >= 0.6 is 0 Å². The number of aromatic amines is 1. The maximum Gasteiger partial charge on any atom is 0.268 e. The van der Waals surface area contributed by atoms with Crippen molar-refractivity contribution in [3.05, 3.63) is 46.4 Å². The van der Waals surface area contributed by atoms with Crippen molar-refractivity contribution in [3.8, 4) is 5.88 Å². The molecule has 0 radical (unpaired) electrons. The van der Waals surface area contributed by atoms with Crippen LogP contribution in [0, 0.1) is 13.8 Å². The summed E-state index contributed by atoms with van der Waals surface area (Å²) >= 11 is 0. The minimum atomic E-state index is -0.260. The molecule has 23 heavy (non-hydrogen) atoms. The number of ketones is 1. The highest BCUT2D eigenvalue weighted by molar-refractivity contribution is 6.02. The quantitative estimate of drug-likeness (QED) is 0.802. The molecule has 0 bridgehead atoms. The number of aryl methyl sites for hydroxylation is 1. The van der Waals surface area contributed by atoms with Crippen LogP contribution in [0.15, 0.2) is 18.3 Å².